The summed E-state index contributed by atoms with van der Waals surface area (Å²) < 4.78 is 13.0. The fourth-order valence-electron chi connectivity index (χ4n) is 5.02. The second kappa shape index (κ2) is 8.25. The number of hydrogen-bond acceptors (Lipinski definition) is 6. The van der Waals surface area contributed by atoms with Crippen LogP contribution in [0.1, 0.15) is 16.8 Å². The Kier molecular flexibility index (Phi) is 5.07. The lowest BCUT2D eigenvalue weighted by molar-refractivity contribution is 0.174. The van der Waals surface area contributed by atoms with Crippen LogP contribution in [0.2, 0.25) is 0 Å². The van der Waals surface area contributed by atoms with Gasteiger partial charge in [-0.1, -0.05) is 18.2 Å². The van der Waals surface area contributed by atoms with Crippen LogP contribution >= 0.6 is 0 Å². The van der Waals surface area contributed by atoms with Gasteiger partial charge in [0.2, 0.25) is 6.79 Å². The molecule has 34 heavy (non-hydrogen) atoms. The van der Waals surface area contributed by atoms with E-state index in [2.05, 4.69) is 52.4 Å². The van der Waals surface area contributed by atoms with Crippen molar-refractivity contribution < 1.29 is 14.6 Å². The summed E-state index contributed by atoms with van der Waals surface area (Å²) in [5, 5.41) is 14.6. The fraction of sp³-hybridized carbons (Fsp3) is 0.296. The Morgan fingerprint density at radius 2 is 1.65 bits per heavy atom. The summed E-state index contributed by atoms with van der Waals surface area (Å²) in [6.07, 6.45) is 0. The molecule has 1 fully saturated rings. The van der Waals surface area contributed by atoms with Crippen molar-refractivity contribution in [2.24, 2.45) is 0 Å². The molecule has 0 amide bonds. The second-order valence-electron chi connectivity index (χ2n) is 9.15. The van der Waals surface area contributed by atoms with Crippen molar-refractivity contribution in [2.75, 3.05) is 37.9 Å². The van der Waals surface area contributed by atoms with Crippen molar-refractivity contribution in [1.82, 2.24) is 14.5 Å². The molecule has 7 nitrogen and oxygen atoms in total. The topological polar surface area (TPSA) is 62.5 Å². The van der Waals surface area contributed by atoms with Gasteiger partial charge in [0, 0.05) is 38.3 Å². The highest BCUT2D eigenvalue weighted by molar-refractivity contribution is 5.84. The molecule has 0 aliphatic carbocycles. The molecule has 0 bridgehead atoms. The molecular formula is C27H28N4O3. The highest BCUT2D eigenvalue weighted by Crippen LogP contribution is 2.34. The van der Waals surface area contributed by atoms with E-state index in [1.54, 1.807) is 12.1 Å². The summed E-state index contributed by atoms with van der Waals surface area (Å²) in [5.74, 6) is 3.08. The zero-order valence-electron chi connectivity index (χ0n) is 19.5. The molecule has 0 atom stereocenters. The predicted molar refractivity (Wildman–Crippen MR) is 132 cm³/mol. The number of phenols is 1. The number of phenolic OH excluding ortho intramolecular Hbond substituents is 1. The molecule has 2 aromatic heterocycles. The van der Waals surface area contributed by atoms with Crippen molar-refractivity contribution >= 4 is 11.3 Å². The second-order valence-corrected chi connectivity index (χ2v) is 9.15. The Bertz CT molecular complexity index is 1350. The van der Waals surface area contributed by atoms with E-state index in [9.17, 15) is 5.11 Å². The number of aryl methyl sites for hydroxylation is 2. The lowest BCUT2D eigenvalue weighted by Gasteiger charge is -2.36. The number of aromatic nitrogens is 2. The summed E-state index contributed by atoms with van der Waals surface area (Å²) in [7, 11) is 0. The Balaban J connectivity index is 1.24. The lowest BCUT2D eigenvalue weighted by atomic mass is 10.0. The maximum atomic E-state index is 9.71. The van der Waals surface area contributed by atoms with Crippen LogP contribution < -0.4 is 14.4 Å². The van der Waals surface area contributed by atoms with Crippen molar-refractivity contribution in [2.45, 2.75) is 20.4 Å². The summed E-state index contributed by atoms with van der Waals surface area (Å²) in [4.78, 5) is 4.92. The summed E-state index contributed by atoms with van der Waals surface area (Å²) in [5.41, 5.74) is 6.73. The van der Waals surface area contributed by atoms with Gasteiger partial charge in [-0.05, 0) is 66.9 Å². The van der Waals surface area contributed by atoms with Crippen LogP contribution in [-0.4, -0.2) is 52.6 Å². The minimum Gasteiger partial charge on any atom is -0.508 e. The quantitative estimate of drug-likeness (QED) is 0.492. The van der Waals surface area contributed by atoms with Crippen LogP contribution in [-0.2, 0) is 6.54 Å². The molecule has 0 saturated carbocycles. The van der Waals surface area contributed by atoms with E-state index >= 15 is 0 Å². The molecule has 0 radical (unpaired) electrons. The van der Waals surface area contributed by atoms with Crippen LogP contribution in [0.15, 0.2) is 54.6 Å². The van der Waals surface area contributed by atoms with Gasteiger partial charge in [0.25, 0.3) is 0 Å². The van der Waals surface area contributed by atoms with Crippen LogP contribution in [0, 0.1) is 13.8 Å². The maximum Gasteiger partial charge on any atom is 0.231 e. The van der Waals surface area contributed by atoms with E-state index in [4.69, 9.17) is 14.6 Å². The molecule has 2 aliphatic heterocycles. The minimum atomic E-state index is 0.272. The lowest BCUT2D eigenvalue weighted by Crippen LogP contribution is -2.46. The van der Waals surface area contributed by atoms with E-state index in [-0.39, 0.29) is 5.75 Å². The van der Waals surface area contributed by atoms with Crippen molar-refractivity contribution in [1.29, 1.82) is 0 Å². The number of aromatic hydroxyl groups is 1. The van der Waals surface area contributed by atoms with Crippen LogP contribution in [0.5, 0.6) is 17.2 Å². The van der Waals surface area contributed by atoms with Crippen LogP contribution in [0.3, 0.4) is 0 Å². The molecule has 4 aromatic rings. The Hall–Kier alpha value is -3.71. The first-order chi connectivity index (χ1) is 16.5. The van der Waals surface area contributed by atoms with Gasteiger partial charge in [-0.15, -0.1) is 0 Å². The zero-order chi connectivity index (χ0) is 23.2. The number of benzene rings is 2. The van der Waals surface area contributed by atoms with Gasteiger partial charge in [-0.2, -0.15) is 5.10 Å². The van der Waals surface area contributed by atoms with Crippen LogP contribution in [0.4, 0.5) is 5.82 Å². The normalized spacial score (nSPS) is 15.9. The van der Waals surface area contributed by atoms with E-state index in [0.29, 0.717) is 6.79 Å². The highest BCUT2D eigenvalue weighted by Gasteiger charge is 2.23. The molecule has 1 N–H and O–H groups in total. The largest absolute Gasteiger partial charge is 0.508 e. The molecule has 0 unspecified atom stereocenters. The first-order valence-electron chi connectivity index (χ1n) is 11.7. The number of anilines is 1. The third-order valence-electron chi connectivity index (χ3n) is 6.73. The molecule has 2 aromatic carbocycles. The third kappa shape index (κ3) is 3.72. The predicted octanol–water partition coefficient (Wildman–Crippen LogP) is 4.37. The summed E-state index contributed by atoms with van der Waals surface area (Å²) in [6.45, 7) is 9.25. The molecule has 6 rings (SSSR count). The minimum absolute atomic E-state index is 0.272. The van der Waals surface area contributed by atoms with Gasteiger partial charge < -0.3 is 19.5 Å². The molecule has 0 spiro atoms. The number of fused-ring (bicyclic) bond motifs is 2. The van der Waals surface area contributed by atoms with Gasteiger partial charge in [0.1, 0.15) is 11.6 Å². The number of ether oxygens (including phenoxy) is 2. The first kappa shape index (κ1) is 20.9. The molecule has 4 heterocycles. The van der Waals surface area contributed by atoms with Crippen LogP contribution in [0.25, 0.3) is 16.6 Å². The summed E-state index contributed by atoms with van der Waals surface area (Å²) >= 11 is 0. The van der Waals surface area contributed by atoms with E-state index in [1.807, 2.05) is 18.2 Å². The standard InChI is InChI=1S/C27H28N4O3/c1-18-13-23-27(21-4-6-22(32)7-5-21)19(2)28-31(23)26(14-18)30-11-9-29(10-12-30)16-20-3-8-24-25(15-20)34-17-33-24/h3-8,13-15,32H,9-12,16-17H2,1-2H3. The Morgan fingerprint density at radius 3 is 2.44 bits per heavy atom. The average molecular weight is 457 g/mol. The van der Waals surface area contributed by atoms with E-state index < -0.39 is 0 Å². The zero-order valence-corrected chi connectivity index (χ0v) is 19.5. The molecule has 7 heteroatoms. The van der Waals surface area contributed by atoms with Crippen molar-refractivity contribution in [3.8, 4) is 28.4 Å². The van der Waals surface area contributed by atoms with E-state index in [1.165, 1.54) is 11.1 Å². The number of nitrogens with zero attached hydrogens (tertiary/aromatic N) is 4. The monoisotopic (exact) mass is 456 g/mol. The maximum absolute atomic E-state index is 9.71. The molecule has 1 saturated heterocycles. The van der Waals surface area contributed by atoms with Crippen molar-refractivity contribution in [3.63, 3.8) is 0 Å². The average Bonchev–Trinajstić information content (AvgIpc) is 3.43. The fourth-order valence-corrected chi connectivity index (χ4v) is 5.02. The molecule has 174 valence electrons. The summed E-state index contributed by atoms with van der Waals surface area (Å²) in [6, 6.07) is 18.0. The van der Waals surface area contributed by atoms with Gasteiger partial charge in [-0.25, -0.2) is 4.52 Å². The number of hydrogen-bond donors (Lipinski definition) is 1. The van der Waals surface area contributed by atoms with Gasteiger partial charge >= 0.3 is 0 Å². The number of rotatable bonds is 4. The molecular weight excluding hydrogens is 428 g/mol. The SMILES string of the molecule is Cc1cc(N2CCN(Cc3ccc4c(c3)OCO4)CC2)n2nc(C)c(-c3ccc(O)cc3)c2c1. The third-order valence-corrected chi connectivity index (χ3v) is 6.73. The van der Waals surface area contributed by atoms with Gasteiger partial charge in [0.15, 0.2) is 11.5 Å². The Morgan fingerprint density at radius 1 is 0.882 bits per heavy atom. The Labute approximate surface area is 198 Å². The van der Waals surface area contributed by atoms with Gasteiger partial charge in [-0.3, -0.25) is 4.90 Å². The first-order valence-corrected chi connectivity index (χ1v) is 11.7. The van der Waals surface area contributed by atoms with Crippen molar-refractivity contribution in [3.05, 3.63) is 71.4 Å². The molecule has 2 aliphatic rings. The highest BCUT2D eigenvalue weighted by atomic mass is 16.7. The van der Waals surface area contributed by atoms with Gasteiger partial charge in [0.05, 0.1) is 11.2 Å². The smallest absolute Gasteiger partial charge is 0.231 e. The number of piperazine rings is 1. The number of pyridine rings is 1. The van der Waals surface area contributed by atoms with E-state index in [0.717, 1.165) is 72.4 Å².